The van der Waals surface area contributed by atoms with Crippen LogP contribution in [0.2, 0.25) is 0 Å². The molecule has 0 aliphatic rings. The van der Waals surface area contributed by atoms with Gasteiger partial charge in [-0.3, -0.25) is 9.59 Å². The topological polar surface area (TPSA) is 55.4 Å². The second-order valence-corrected chi connectivity index (χ2v) is 3.37. The molecule has 1 rings (SSSR count). The van der Waals surface area contributed by atoms with E-state index in [9.17, 15) is 9.59 Å². The summed E-state index contributed by atoms with van der Waals surface area (Å²) < 4.78 is 5.07. The maximum absolute atomic E-state index is 11.3. The Balaban J connectivity index is 2.19. The van der Waals surface area contributed by atoms with Gasteiger partial charge in [0.05, 0.1) is 0 Å². The number of esters is 1. The molecule has 0 aromatic heterocycles. The second kappa shape index (κ2) is 6.61. The van der Waals surface area contributed by atoms with Crippen molar-refractivity contribution in [1.82, 2.24) is 5.32 Å². The Labute approximate surface area is 94.6 Å². The quantitative estimate of drug-likeness (QED) is 0.466. The average molecular weight is 221 g/mol. The summed E-state index contributed by atoms with van der Waals surface area (Å²) in [6, 6.07) is 8.92. The molecule has 0 aliphatic carbocycles. The molecule has 86 valence electrons. The highest BCUT2D eigenvalue weighted by Crippen LogP contribution is 2.09. The van der Waals surface area contributed by atoms with Gasteiger partial charge in [-0.05, 0) is 18.6 Å². The molecule has 0 saturated heterocycles. The highest BCUT2D eigenvalue weighted by atomic mass is 16.5. The Morgan fingerprint density at radius 1 is 1.25 bits per heavy atom. The molecule has 1 aromatic rings. The summed E-state index contributed by atoms with van der Waals surface area (Å²) in [6.45, 7) is 1.95. The van der Waals surface area contributed by atoms with Crippen LogP contribution in [0.15, 0.2) is 30.3 Å². The summed E-state index contributed by atoms with van der Waals surface area (Å²) >= 11 is 0. The number of hydrogen-bond donors (Lipinski definition) is 1. The molecule has 0 aliphatic heterocycles. The van der Waals surface area contributed by atoms with Gasteiger partial charge in [0.15, 0.2) is 0 Å². The first-order chi connectivity index (χ1) is 7.68. The Morgan fingerprint density at radius 3 is 2.56 bits per heavy atom. The molecule has 0 fully saturated rings. The van der Waals surface area contributed by atoms with E-state index in [-0.39, 0.29) is 11.9 Å². The minimum atomic E-state index is -0.281. The number of ether oxygens (including phenoxy) is 1. The number of amides is 1. The van der Waals surface area contributed by atoms with Crippen molar-refractivity contribution in [2.75, 3.05) is 6.54 Å². The molecule has 0 saturated carbocycles. The normalized spacial score (nSPS) is 9.56. The van der Waals surface area contributed by atoms with Crippen molar-refractivity contribution in [3.05, 3.63) is 30.3 Å². The van der Waals surface area contributed by atoms with Gasteiger partial charge in [-0.1, -0.05) is 18.2 Å². The average Bonchev–Trinajstić information content (AvgIpc) is 2.25. The van der Waals surface area contributed by atoms with Gasteiger partial charge >= 0.3 is 5.97 Å². The first-order valence-corrected chi connectivity index (χ1v) is 5.18. The lowest BCUT2D eigenvalue weighted by Crippen LogP contribution is -2.22. The van der Waals surface area contributed by atoms with Crippen LogP contribution in [0, 0.1) is 0 Å². The van der Waals surface area contributed by atoms with Crippen LogP contribution in [0.4, 0.5) is 0 Å². The monoisotopic (exact) mass is 221 g/mol. The van der Waals surface area contributed by atoms with Gasteiger partial charge in [0.2, 0.25) is 5.91 Å². The van der Waals surface area contributed by atoms with Crippen molar-refractivity contribution < 1.29 is 14.3 Å². The van der Waals surface area contributed by atoms with Gasteiger partial charge in [0.25, 0.3) is 0 Å². The minimum absolute atomic E-state index is 0.0866. The van der Waals surface area contributed by atoms with Gasteiger partial charge in [0.1, 0.15) is 5.75 Å². The van der Waals surface area contributed by atoms with Gasteiger partial charge in [0, 0.05) is 19.9 Å². The number of rotatable bonds is 5. The third-order valence-corrected chi connectivity index (χ3v) is 1.91. The van der Waals surface area contributed by atoms with E-state index in [1.165, 1.54) is 6.92 Å². The second-order valence-electron chi connectivity index (χ2n) is 3.37. The number of carbonyl (C=O) groups is 2. The first-order valence-electron chi connectivity index (χ1n) is 5.18. The summed E-state index contributed by atoms with van der Waals surface area (Å²) in [6.07, 6.45) is 0.889. The number of hydrogen-bond acceptors (Lipinski definition) is 3. The number of para-hydroxylation sites is 1. The molecule has 4 nitrogen and oxygen atoms in total. The number of nitrogens with one attached hydrogen (secondary N) is 1. The van der Waals surface area contributed by atoms with E-state index in [1.54, 1.807) is 24.3 Å². The third-order valence-electron chi connectivity index (χ3n) is 1.91. The first kappa shape index (κ1) is 12.2. The smallest absolute Gasteiger partial charge is 0.311 e. The van der Waals surface area contributed by atoms with Crippen LogP contribution in [-0.2, 0) is 9.59 Å². The van der Waals surface area contributed by atoms with E-state index in [2.05, 4.69) is 5.32 Å². The molecule has 0 unspecified atom stereocenters. The van der Waals surface area contributed by atoms with E-state index in [4.69, 9.17) is 4.74 Å². The van der Waals surface area contributed by atoms with E-state index in [0.717, 1.165) is 0 Å². The summed E-state index contributed by atoms with van der Waals surface area (Å²) in [5.74, 6) is 0.181. The van der Waals surface area contributed by atoms with Crippen LogP contribution >= 0.6 is 0 Å². The molecular formula is C12H15NO3. The molecule has 4 heteroatoms. The summed E-state index contributed by atoms with van der Waals surface area (Å²) in [7, 11) is 0. The maximum atomic E-state index is 11.3. The van der Waals surface area contributed by atoms with Gasteiger partial charge in [-0.15, -0.1) is 0 Å². The maximum Gasteiger partial charge on any atom is 0.311 e. The number of benzene rings is 1. The lowest BCUT2D eigenvalue weighted by atomic mass is 10.3. The highest BCUT2D eigenvalue weighted by Gasteiger charge is 2.03. The van der Waals surface area contributed by atoms with E-state index < -0.39 is 0 Å². The van der Waals surface area contributed by atoms with Crippen molar-refractivity contribution in [2.45, 2.75) is 19.8 Å². The largest absolute Gasteiger partial charge is 0.427 e. The van der Waals surface area contributed by atoms with Crippen LogP contribution in [0.25, 0.3) is 0 Å². The van der Waals surface area contributed by atoms with Crippen LogP contribution in [0.5, 0.6) is 5.75 Å². The van der Waals surface area contributed by atoms with Crippen LogP contribution < -0.4 is 10.1 Å². The zero-order valence-electron chi connectivity index (χ0n) is 9.23. The van der Waals surface area contributed by atoms with Gasteiger partial charge in [-0.25, -0.2) is 0 Å². The lowest BCUT2D eigenvalue weighted by molar-refractivity contribution is -0.134. The van der Waals surface area contributed by atoms with Crippen molar-refractivity contribution >= 4 is 11.9 Å². The molecule has 0 bridgehead atoms. The predicted octanol–water partition coefficient (Wildman–Crippen LogP) is 1.51. The molecule has 0 radical (unpaired) electrons. The lowest BCUT2D eigenvalue weighted by Gasteiger charge is -2.04. The van der Waals surface area contributed by atoms with E-state index in [1.807, 2.05) is 6.07 Å². The number of carbonyl (C=O) groups excluding carboxylic acids is 2. The Kier molecular flexibility index (Phi) is 5.05. The standard InChI is InChI=1S/C12H15NO3/c1-10(14)13-9-5-8-12(15)16-11-6-3-2-4-7-11/h2-4,6-7H,5,8-9H2,1H3,(H,13,14). The van der Waals surface area contributed by atoms with Crippen molar-refractivity contribution in [3.8, 4) is 5.75 Å². The molecular weight excluding hydrogens is 206 g/mol. The fourth-order valence-electron chi connectivity index (χ4n) is 1.17. The van der Waals surface area contributed by atoms with E-state index >= 15 is 0 Å². The summed E-state index contributed by atoms with van der Waals surface area (Å²) in [4.78, 5) is 21.9. The van der Waals surface area contributed by atoms with Crippen molar-refractivity contribution in [2.24, 2.45) is 0 Å². The minimum Gasteiger partial charge on any atom is -0.427 e. The third kappa shape index (κ3) is 5.14. The Hall–Kier alpha value is -1.84. The highest BCUT2D eigenvalue weighted by molar-refractivity contribution is 5.73. The van der Waals surface area contributed by atoms with Gasteiger partial charge < -0.3 is 10.1 Å². The molecule has 1 aromatic carbocycles. The van der Waals surface area contributed by atoms with E-state index in [0.29, 0.717) is 25.1 Å². The SMILES string of the molecule is CC(=O)NCCCC(=O)Oc1ccccc1. The fraction of sp³-hybridized carbons (Fsp3) is 0.333. The van der Waals surface area contributed by atoms with Crippen molar-refractivity contribution in [1.29, 1.82) is 0 Å². The summed E-state index contributed by atoms with van der Waals surface area (Å²) in [5, 5.41) is 2.62. The molecule has 16 heavy (non-hydrogen) atoms. The molecule has 0 spiro atoms. The van der Waals surface area contributed by atoms with Crippen LogP contribution in [0.1, 0.15) is 19.8 Å². The molecule has 1 amide bonds. The zero-order chi connectivity index (χ0) is 11.8. The van der Waals surface area contributed by atoms with Crippen LogP contribution in [-0.4, -0.2) is 18.4 Å². The zero-order valence-corrected chi connectivity index (χ0v) is 9.23. The Morgan fingerprint density at radius 2 is 1.94 bits per heavy atom. The van der Waals surface area contributed by atoms with Crippen LogP contribution in [0.3, 0.4) is 0 Å². The molecule has 1 N–H and O–H groups in total. The fourth-order valence-corrected chi connectivity index (χ4v) is 1.17. The molecule has 0 atom stereocenters. The van der Waals surface area contributed by atoms with Gasteiger partial charge in [-0.2, -0.15) is 0 Å². The Bertz CT molecular complexity index is 349. The van der Waals surface area contributed by atoms with Crippen molar-refractivity contribution in [3.63, 3.8) is 0 Å². The predicted molar refractivity (Wildman–Crippen MR) is 60.0 cm³/mol. The molecule has 0 heterocycles. The summed E-state index contributed by atoms with van der Waals surface area (Å²) in [5.41, 5.74) is 0.